The van der Waals surface area contributed by atoms with Gasteiger partial charge < -0.3 is 4.90 Å². The van der Waals surface area contributed by atoms with Crippen LogP contribution in [0.2, 0.25) is 0 Å². The molecule has 0 aliphatic carbocycles. The molecule has 1 unspecified atom stereocenters. The maximum atomic E-state index is 12.6. The zero-order valence-electron chi connectivity index (χ0n) is 15.6. The first-order valence-corrected chi connectivity index (χ1v) is 9.20. The van der Waals surface area contributed by atoms with Crippen molar-refractivity contribution in [3.63, 3.8) is 0 Å². The number of nitrogens with one attached hydrogen (secondary N) is 1. The molecule has 0 bridgehead atoms. The van der Waals surface area contributed by atoms with E-state index in [9.17, 15) is 4.79 Å². The van der Waals surface area contributed by atoms with Gasteiger partial charge in [-0.25, -0.2) is 9.78 Å². The molecule has 2 aromatic heterocycles. The highest BCUT2D eigenvalue weighted by molar-refractivity contribution is 5.88. The Hall–Kier alpha value is -2.47. The zero-order chi connectivity index (χ0) is 18.4. The number of likely N-dealkylation sites (tertiary alicyclic amines) is 1. The van der Waals surface area contributed by atoms with Crippen LogP contribution in [0.4, 0.5) is 10.6 Å². The van der Waals surface area contributed by atoms with Crippen molar-refractivity contribution in [1.82, 2.24) is 19.8 Å². The fraction of sp³-hybridized carbons (Fsp3) is 0.450. The Morgan fingerprint density at radius 3 is 2.88 bits per heavy atom. The number of aromatic nitrogens is 2. The number of carbonyl (C=O) groups is 1. The van der Waals surface area contributed by atoms with Crippen molar-refractivity contribution in [2.24, 2.45) is 0 Å². The Labute approximate surface area is 155 Å². The first-order valence-electron chi connectivity index (χ1n) is 9.20. The number of anilines is 1. The van der Waals surface area contributed by atoms with Crippen molar-refractivity contribution in [3.8, 4) is 0 Å². The van der Waals surface area contributed by atoms with Gasteiger partial charge in [-0.1, -0.05) is 6.07 Å². The van der Waals surface area contributed by atoms with Gasteiger partial charge in [-0.15, -0.1) is 0 Å². The molecule has 1 aliphatic heterocycles. The molecule has 1 saturated heterocycles. The molecule has 6 heteroatoms. The minimum absolute atomic E-state index is 0.0591. The van der Waals surface area contributed by atoms with Crippen LogP contribution in [0.3, 0.4) is 0 Å². The maximum Gasteiger partial charge on any atom is 0.323 e. The molecule has 2 amide bonds. The van der Waals surface area contributed by atoms with Gasteiger partial charge in [-0.05, 0) is 63.1 Å². The molecule has 1 N–H and O–H groups in total. The number of rotatable bonds is 4. The van der Waals surface area contributed by atoms with E-state index in [-0.39, 0.29) is 6.03 Å². The van der Waals surface area contributed by atoms with Crippen LogP contribution in [0.15, 0.2) is 42.7 Å². The topological polar surface area (TPSA) is 61.4 Å². The zero-order valence-corrected chi connectivity index (χ0v) is 15.6. The summed E-state index contributed by atoms with van der Waals surface area (Å²) < 4.78 is 0. The molecular formula is C20H27N5O. The molecule has 1 aliphatic rings. The molecule has 0 saturated carbocycles. The Balaban J connectivity index is 1.53. The number of amides is 2. The van der Waals surface area contributed by atoms with Gasteiger partial charge >= 0.3 is 6.03 Å². The summed E-state index contributed by atoms with van der Waals surface area (Å²) in [6.07, 6.45) is 6.62. The molecule has 0 radical (unpaired) electrons. The van der Waals surface area contributed by atoms with E-state index in [0.29, 0.717) is 11.9 Å². The summed E-state index contributed by atoms with van der Waals surface area (Å²) in [6, 6.07) is 10.2. The minimum Gasteiger partial charge on any atom is -0.324 e. The van der Waals surface area contributed by atoms with Gasteiger partial charge in [0.25, 0.3) is 0 Å². The highest BCUT2D eigenvalue weighted by Gasteiger charge is 2.23. The van der Waals surface area contributed by atoms with Crippen LogP contribution in [0, 0.1) is 6.92 Å². The van der Waals surface area contributed by atoms with Crippen molar-refractivity contribution in [2.75, 3.05) is 25.5 Å². The van der Waals surface area contributed by atoms with Crippen LogP contribution in [0.1, 0.15) is 30.5 Å². The number of pyridine rings is 2. The summed E-state index contributed by atoms with van der Waals surface area (Å²) in [5.41, 5.74) is 2.17. The lowest BCUT2D eigenvalue weighted by Crippen LogP contribution is -2.37. The Bertz CT molecular complexity index is 721. The van der Waals surface area contributed by atoms with Crippen molar-refractivity contribution < 1.29 is 4.79 Å². The number of urea groups is 1. The molecule has 2 aromatic rings. The molecule has 3 heterocycles. The van der Waals surface area contributed by atoms with Gasteiger partial charge in [0.2, 0.25) is 0 Å². The van der Waals surface area contributed by atoms with Gasteiger partial charge in [0.05, 0.1) is 5.69 Å². The SMILES string of the molecule is Cc1ccnc(NC(=O)N2CCCC(N(C)Cc3ccccn3)CC2)c1. The van der Waals surface area contributed by atoms with Crippen LogP contribution in [0.5, 0.6) is 0 Å². The quantitative estimate of drug-likeness (QED) is 0.916. The van der Waals surface area contributed by atoms with E-state index in [0.717, 1.165) is 50.2 Å². The number of hydrogen-bond donors (Lipinski definition) is 1. The highest BCUT2D eigenvalue weighted by Crippen LogP contribution is 2.18. The summed E-state index contributed by atoms with van der Waals surface area (Å²) in [5.74, 6) is 0.614. The highest BCUT2D eigenvalue weighted by atomic mass is 16.2. The normalized spacial score (nSPS) is 17.8. The van der Waals surface area contributed by atoms with Crippen molar-refractivity contribution in [2.45, 2.75) is 38.8 Å². The van der Waals surface area contributed by atoms with E-state index in [1.807, 2.05) is 42.3 Å². The molecule has 0 spiro atoms. The van der Waals surface area contributed by atoms with E-state index >= 15 is 0 Å². The standard InChI is InChI=1S/C20H27N5O/c1-16-8-11-22-19(14-16)23-20(26)25-12-5-7-18(9-13-25)24(2)15-17-6-3-4-10-21-17/h3-4,6,8,10-11,14,18H,5,7,9,12-13,15H2,1-2H3,(H,22,23,26). The van der Waals surface area contributed by atoms with Gasteiger partial charge in [-0.2, -0.15) is 0 Å². The molecule has 1 atom stereocenters. The van der Waals surface area contributed by atoms with Gasteiger partial charge in [-0.3, -0.25) is 15.2 Å². The maximum absolute atomic E-state index is 12.6. The van der Waals surface area contributed by atoms with Crippen molar-refractivity contribution in [3.05, 3.63) is 54.0 Å². The van der Waals surface area contributed by atoms with Crippen LogP contribution in [-0.4, -0.2) is 52.0 Å². The Kier molecular flexibility index (Phi) is 6.17. The fourth-order valence-electron chi connectivity index (χ4n) is 3.39. The third-order valence-corrected chi connectivity index (χ3v) is 4.90. The fourth-order valence-corrected chi connectivity index (χ4v) is 3.39. The van der Waals surface area contributed by atoms with E-state index in [4.69, 9.17) is 0 Å². The molecule has 0 aromatic carbocycles. The summed E-state index contributed by atoms with van der Waals surface area (Å²) in [5, 5.41) is 2.92. The van der Waals surface area contributed by atoms with E-state index in [1.165, 1.54) is 0 Å². The monoisotopic (exact) mass is 353 g/mol. The van der Waals surface area contributed by atoms with Crippen LogP contribution in [0.25, 0.3) is 0 Å². The van der Waals surface area contributed by atoms with Gasteiger partial charge in [0.15, 0.2) is 0 Å². The summed E-state index contributed by atoms with van der Waals surface area (Å²) in [6.45, 7) is 4.37. The first kappa shape index (κ1) is 18.3. The average molecular weight is 353 g/mol. The predicted molar refractivity (Wildman–Crippen MR) is 103 cm³/mol. The van der Waals surface area contributed by atoms with Crippen molar-refractivity contribution in [1.29, 1.82) is 0 Å². The number of carbonyl (C=O) groups excluding carboxylic acids is 1. The smallest absolute Gasteiger partial charge is 0.323 e. The minimum atomic E-state index is -0.0591. The van der Waals surface area contributed by atoms with Crippen LogP contribution < -0.4 is 5.32 Å². The van der Waals surface area contributed by atoms with E-state index in [1.54, 1.807) is 6.20 Å². The molecule has 6 nitrogen and oxygen atoms in total. The van der Waals surface area contributed by atoms with E-state index < -0.39 is 0 Å². The van der Waals surface area contributed by atoms with Crippen LogP contribution in [-0.2, 0) is 6.54 Å². The molecular weight excluding hydrogens is 326 g/mol. The molecule has 138 valence electrons. The number of nitrogens with zero attached hydrogens (tertiary/aromatic N) is 4. The second-order valence-electron chi connectivity index (χ2n) is 6.96. The first-order chi connectivity index (χ1) is 12.6. The summed E-state index contributed by atoms with van der Waals surface area (Å²) >= 11 is 0. The summed E-state index contributed by atoms with van der Waals surface area (Å²) in [7, 11) is 2.14. The average Bonchev–Trinajstić information content (AvgIpc) is 2.89. The lowest BCUT2D eigenvalue weighted by Gasteiger charge is -2.27. The third-order valence-electron chi connectivity index (χ3n) is 4.90. The molecule has 26 heavy (non-hydrogen) atoms. The molecule has 1 fully saturated rings. The van der Waals surface area contributed by atoms with Crippen molar-refractivity contribution >= 4 is 11.8 Å². The molecule has 3 rings (SSSR count). The van der Waals surface area contributed by atoms with Gasteiger partial charge in [0.1, 0.15) is 5.82 Å². The lowest BCUT2D eigenvalue weighted by molar-refractivity contribution is 0.200. The Morgan fingerprint density at radius 1 is 1.23 bits per heavy atom. The lowest BCUT2D eigenvalue weighted by atomic mass is 10.1. The second kappa shape index (κ2) is 8.76. The summed E-state index contributed by atoms with van der Waals surface area (Å²) in [4.78, 5) is 25.4. The predicted octanol–water partition coefficient (Wildman–Crippen LogP) is 3.30. The number of aryl methyl sites for hydroxylation is 1. The largest absolute Gasteiger partial charge is 0.324 e. The third kappa shape index (κ3) is 5.02. The second-order valence-corrected chi connectivity index (χ2v) is 6.96. The number of hydrogen-bond acceptors (Lipinski definition) is 4. The van der Waals surface area contributed by atoms with Crippen LogP contribution >= 0.6 is 0 Å². The Morgan fingerprint density at radius 2 is 2.12 bits per heavy atom. The van der Waals surface area contributed by atoms with E-state index in [2.05, 4.69) is 33.3 Å². The van der Waals surface area contributed by atoms with Gasteiger partial charge in [0, 0.05) is 38.1 Å².